The molecule has 3 aromatic rings. The number of alkyl halides is 3. The average molecular weight is 359 g/mol. The summed E-state index contributed by atoms with van der Waals surface area (Å²) in [7, 11) is 1.46. The number of nitrogens with one attached hydrogen (secondary N) is 1. The van der Waals surface area contributed by atoms with Gasteiger partial charge in [-0.1, -0.05) is 11.6 Å². The Morgan fingerprint density at radius 3 is 2.83 bits per heavy atom. The summed E-state index contributed by atoms with van der Waals surface area (Å²) in [6, 6.07) is 2.38. The van der Waals surface area contributed by atoms with Crippen LogP contribution in [0.3, 0.4) is 0 Å². The van der Waals surface area contributed by atoms with E-state index in [4.69, 9.17) is 16.3 Å². The molecule has 0 aliphatic carbocycles. The van der Waals surface area contributed by atoms with Crippen molar-refractivity contribution in [3.8, 4) is 5.88 Å². The smallest absolute Gasteiger partial charge is 0.417 e. The van der Waals surface area contributed by atoms with E-state index in [2.05, 4.69) is 25.5 Å². The van der Waals surface area contributed by atoms with Crippen molar-refractivity contribution in [1.29, 1.82) is 0 Å². The third-order valence-electron chi connectivity index (χ3n) is 3.10. The van der Waals surface area contributed by atoms with Crippen LogP contribution in [-0.4, -0.2) is 31.7 Å². The molecular weight excluding hydrogens is 349 g/mol. The first-order valence-corrected chi connectivity index (χ1v) is 6.97. The van der Waals surface area contributed by atoms with Crippen LogP contribution in [0.5, 0.6) is 5.88 Å². The van der Waals surface area contributed by atoms with Crippen LogP contribution >= 0.6 is 11.6 Å². The van der Waals surface area contributed by atoms with Crippen molar-refractivity contribution in [1.82, 2.24) is 24.6 Å². The molecule has 11 heteroatoms. The summed E-state index contributed by atoms with van der Waals surface area (Å²) < 4.78 is 44.9. The van der Waals surface area contributed by atoms with Crippen molar-refractivity contribution in [2.75, 3.05) is 12.4 Å². The van der Waals surface area contributed by atoms with Gasteiger partial charge in [0.25, 0.3) is 0 Å². The van der Waals surface area contributed by atoms with Gasteiger partial charge in [-0.05, 0) is 6.07 Å². The van der Waals surface area contributed by atoms with Gasteiger partial charge < -0.3 is 10.1 Å². The highest BCUT2D eigenvalue weighted by Gasteiger charge is 2.32. The van der Waals surface area contributed by atoms with Crippen molar-refractivity contribution in [3.63, 3.8) is 0 Å². The Morgan fingerprint density at radius 1 is 1.33 bits per heavy atom. The molecule has 0 fully saturated rings. The SMILES string of the molecule is COc1ccnc(NCc2nnc3c(Cl)cc(C(F)(F)F)cn23)n1. The summed E-state index contributed by atoms with van der Waals surface area (Å²) in [4.78, 5) is 8.01. The Balaban J connectivity index is 1.90. The maximum absolute atomic E-state index is 12.9. The molecule has 24 heavy (non-hydrogen) atoms. The third-order valence-corrected chi connectivity index (χ3v) is 3.38. The molecule has 0 radical (unpaired) electrons. The number of hydrogen-bond acceptors (Lipinski definition) is 6. The molecule has 0 atom stereocenters. The second-order valence-electron chi connectivity index (χ2n) is 4.66. The lowest BCUT2D eigenvalue weighted by Crippen LogP contribution is -2.10. The minimum atomic E-state index is -4.53. The van der Waals surface area contributed by atoms with Crippen molar-refractivity contribution in [2.24, 2.45) is 0 Å². The molecule has 3 heterocycles. The quantitative estimate of drug-likeness (QED) is 0.772. The number of rotatable bonds is 4. The number of halogens is 4. The molecule has 3 rings (SSSR count). The van der Waals surface area contributed by atoms with Crippen LogP contribution in [-0.2, 0) is 12.7 Å². The van der Waals surface area contributed by atoms with Crippen LogP contribution in [0.2, 0.25) is 5.02 Å². The zero-order chi connectivity index (χ0) is 17.3. The van der Waals surface area contributed by atoms with Crippen LogP contribution in [0.15, 0.2) is 24.5 Å². The standard InChI is InChI=1S/C13H10ClF3N6O/c1-24-10-2-3-18-12(20-10)19-5-9-21-22-11-8(14)4-7(6-23(9)11)13(15,16)17/h2-4,6H,5H2,1H3,(H,18,19,20). The summed E-state index contributed by atoms with van der Waals surface area (Å²) in [6.07, 6.45) is -2.15. The van der Waals surface area contributed by atoms with Crippen LogP contribution in [0, 0.1) is 0 Å². The third kappa shape index (κ3) is 3.18. The van der Waals surface area contributed by atoms with Crippen LogP contribution in [0.4, 0.5) is 19.1 Å². The molecule has 0 saturated heterocycles. The van der Waals surface area contributed by atoms with E-state index in [0.717, 1.165) is 12.3 Å². The molecule has 0 amide bonds. The Hall–Kier alpha value is -2.62. The van der Waals surface area contributed by atoms with E-state index >= 15 is 0 Å². The van der Waals surface area contributed by atoms with Gasteiger partial charge >= 0.3 is 6.18 Å². The predicted octanol–water partition coefficient (Wildman–Crippen LogP) is 2.81. The van der Waals surface area contributed by atoms with Crippen molar-refractivity contribution in [3.05, 3.63) is 40.9 Å². The van der Waals surface area contributed by atoms with Gasteiger partial charge in [-0.15, -0.1) is 10.2 Å². The van der Waals surface area contributed by atoms with E-state index < -0.39 is 11.7 Å². The van der Waals surface area contributed by atoms with E-state index in [9.17, 15) is 13.2 Å². The lowest BCUT2D eigenvalue weighted by Gasteiger charge is -2.09. The second kappa shape index (κ2) is 6.11. The fourth-order valence-corrected chi connectivity index (χ4v) is 2.22. The van der Waals surface area contributed by atoms with Crippen LogP contribution in [0.1, 0.15) is 11.4 Å². The van der Waals surface area contributed by atoms with Gasteiger partial charge in [-0.25, -0.2) is 4.98 Å². The van der Waals surface area contributed by atoms with Gasteiger partial charge in [-0.2, -0.15) is 18.2 Å². The number of anilines is 1. The topological polar surface area (TPSA) is 77.2 Å². The molecule has 0 bridgehead atoms. The molecule has 1 N–H and O–H groups in total. The maximum atomic E-state index is 12.9. The number of hydrogen-bond donors (Lipinski definition) is 1. The Kier molecular flexibility index (Phi) is 4.14. The van der Waals surface area contributed by atoms with Gasteiger partial charge in [-0.3, -0.25) is 4.40 Å². The largest absolute Gasteiger partial charge is 0.481 e. The van der Waals surface area contributed by atoms with Crippen molar-refractivity contribution >= 4 is 23.2 Å². The minimum Gasteiger partial charge on any atom is -0.481 e. The minimum absolute atomic E-state index is 0.0476. The average Bonchev–Trinajstić information content (AvgIpc) is 2.96. The van der Waals surface area contributed by atoms with Gasteiger partial charge in [0.05, 0.1) is 24.2 Å². The lowest BCUT2D eigenvalue weighted by molar-refractivity contribution is -0.137. The summed E-state index contributed by atoms with van der Waals surface area (Å²) in [6.45, 7) is 0.0476. The first kappa shape index (κ1) is 16.2. The number of aromatic nitrogens is 5. The monoisotopic (exact) mass is 358 g/mol. The number of fused-ring (bicyclic) bond motifs is 1. The fraction of sp³-hybridized carbons (Fsp3) is 0.231. The predicted molar refractivity (Wildman–Crippen MR) is 78.9 cm³/mol. The highest BCUT2D eigenvalue weighted by molar-refractivity contribution is 6.33. The maximum Gasteiger partial charge on any atom is 0.417 e. The highest BCUT2D eigenvalue weighted by atomic mass is 35.5. The lowest BCUT2D eigenvalue weighted by atomic mass is 10.3. The van der Waals surface area contributed by atoms with Crippen molar-refractivity contribution in [2.45, 2.75) is 12.7 Å². The molecule has 0 aliphatic heterocycles. The molecule has 0 spiro atoms. The summed E-state index contributed by atoms with van der Waals surface area (Å²) in [5.74, 6) is 0.814. The van der Waals surface area contributed by atoms with Crippen LogP contribution in [0.25, 0.3) is 5.65 Å². The van der Waals surface area contributed by atoms with E-state index in [1.807, 2.05) is 0 Å². The molecule has 0 unspecified atom stereocenters. The molecule has 126 valence electrons. The zero-order valence-corrected chi connectivity index (χ0v) is 12.9. The molecule has 0 aromatic carbocycles. The Morgan fingerprint density at radius 2 is 2.12 bits per heavy atom. The molecule has 0 aliphatic rings. The van der Waals surface area contributed by atoms with E-state index in [-0.39, 0.29) is 29.0 Å². The van der Waals surface area contributed by atoms with E-state index in [1.165, 1.54) is 17.7 Å². The van der Waals surface area contributed by atoms with Gasteiger partial charge in [0, 0.05) is 18.5 Å². The number of pyridine rings is 1. The molecule has 3 aromatic heterocycles. The van der Waals surface area contributed by atoms with Crippen LogP contribution < -0.4 is 10.1 Å². The van der Waals surface area contributed by atoms with Gasteiger partial charge in [0.1, 0.15) is 0 Å². The first-order chi connectivity index (χ1) is 11.4. The molecular formula is C13H10ClF3N6O. The summed E-state index contributed by atoms with van der Waals surface area (Å²) in [5.41, 5.74) is -0.758. The Labute approximate surface area is 138 Å². The Bertz CT molecular complexity index is 882. The molecule has 0 saturated carbocycles. The molecule has 7 nitrogen and oxygen atoms in total. The number of ether oxygens (including phenoxy) is 1. The van der Waals surface area contributed by atoms with Gasteiger partial charge in [0.2, 0.25) is 11.8 Å². The highest BCUT2D eigenvalue weighted by Crippen LogP contribution is 2.32. The van der Waals surface area contributed by atoms with Crippen molar-refractivity contribution < 1.29 is 17.9 Å². The summed E-state index contributed by atoms with van der Waals surface area (Å²) >= 11 is 5.85. The normalized spacial score (nSPS) is 11.7. The number of nitrogens with zero attached hydrogens (tertiary/aromatic N) is 5. The zero-order valence-electron chi connectivity index (χ0n) is 12.2. The summed E-state index contributed by atoms with van der Waals surface area (Å²) in [5, 5.41) is 10.3. The van der Waals surface area contributed by atoms with E-state index in [0.29, 0.717) is 5.88 Å². The van der Waals surface area contributed by atoms with E-state index in [1.54, 1.807) is 6.07 Å². The number of methoxy groups -OCH3 is 1. The first-order valence-electron chi connectivity index (χ1n) is 6.60. The van der Waals surface area contributed by atoms with Gasteiger partial charge in [0.15, 0.2) is 11.5 Å². The second-order valence-corrected chi connectivity index (χ2v) is 5.07. The fourth-order valence-electron chi connectivity index (χ4n) is 1.97.